The number of nitrogens with two attached hydrogens (primary N) is 2. The first-order chi connectivity index (χ1) is 16.4. The number of aliphatic hydroxyl groups excluding tert-OH is 1. The smallest absolute Gasteiger partial charge is 0.254 e. The highest BCUT2D eigenvalue weighted by Crippen LogP contribution is 2.29. The molecule has 2 aromatic carbocycles. The van der Waals surface area contributed by atoms with Gasteiger partial charge < -0.3 is 21.9 Å². The van der Waals surface area contributed by atoms with Crippen LogP contribution in [0.1, 0.15) is 53.2 Å². The SMILES string of the molecule is NC1=NCC(C2CCC(N)CC2)N=C1c1ccc(C(=O)N[C@H](CO)c2cccc(Cl)c2)c(F)c1. The maximum absolute atomic E-state index is 15.0. The lowest BCUT2D eigenvalue weighted by molar-refractivity contribution is 0.0912. The standard InChI is InChI=1S/C25H29ClFN5O2/c26-17-3-1-2-15(10-17)22(13-33)32-25(34)19-9-6-16(11-20(19)27)23-24(29)30-12-21(31-23)14-4-7-18(28)8-5-14/h1-3,6,9-11,14,18,21-22,33H,4-5,7-8,12-13,28H2,(H2,29,30)(H,32,34)/t14?,18?,21?,22-/m1/s1. The molecule has 0 spiro atoms. The van der Waals surface area contributed by atoms with E-state index in [0.29, 0.717) is 34.3 Å². The quantitative estimate of drug-likeness (QED) is 0.501. The first-order valence-electron chi connectivity index (χ1n) is 11.5. The second-order valence-electron chi connectivity index (χ2n) is 8.90. The lowest BCUT2D eigenvalue weighted by atomic mass is 9.81. The number of hydrogen-bond acceptors (Lipinski definition) is 6. The number of nitrogens with one attached hydrogen (secondary N) is 1. The van der Waals surface area contributed by atoms with E-state index in [1.807, 2.05) is 0 Å². The van der Waals surface area contributed by atoms with Gasteiger partial charge in [-0.15, -0.1) is 0 Å². The number of rotatable bonds is 6. The van der Waals surface area contributed by atoms with E-state index in [1.54, 1.807) is 30.3 Å². The Labute approximate surface area is 203 Å². The second-order valence-corrected chi connectivity index (χ2v) is 9.34. The summed E-state index contributed by atoms with van der Waals surface area (Å²) in [7, 11) is 0. The average molecular weight is 486 g/mol. The Morgan fingerprint density at radius 3 is 2.65 bits per heavy atom. The van der Waals surface area contributed by atoms with Crippen LogP contribution < -0.4 is 16.8 Å². The minimum absolute atomic E-state index is 0.0103. The summed E-state index contributed by atoms with van der Waals surface area (Å²) in [5.74, 6) is -0.712. The number of aliphatic imine (C=N–C) groups is 2. The third-order valence-electron chi connectivity index (χ3n) is 6.57. The Morgan fingerprint density at radius 1 is 1.21 bits per heavy atom. The van der Waals surface area contributed by atoms with Gasteiger partial charge >= 0.3 is 0 Å². The molecule has 1 fully saturated rings. The number of halogens is 2. The van der Waals surface area contributed by atoms with E-state index in [0.717, 1.165) is 25.7 Å². The maximum Gasteiger partial charge on any atom is 0.254 e. The number of carbonyl (C=O) groups is 1. The van der Waals surface area contributed by atoms with E-state index in [9.17, 15) is 9.90 Å². The molecule has 0 saturated heterocycles. The van der Waals surface area contributed by atoms with E-state index in [-0.39, 0.29) is 30.1 Å². The summed E-state index contributed by atoms with van der Waals surface area (Å²) in [6.45, 7) is 0.160. The second kappa shape index (κ2) is 10.6. The van der Waals surface area contributed by atoms with Gasteiger partial charge in [-0.3, -0.25) is 14.8 Å². The van der Waals surface area contributed by atoms with Crippen LogP contribution in [-0.4, -0.2) is 47.8 Å². The van der Waals surface area contributed by atoms with Crippen molar-refractivity contribution < 1.29 is 14.3 Å². The first kappa shape index (κ1) is 24.3. The molecule has 4 rings (SSSR count). The molecule has 34 heavy (non-hydrogen) atoms. The summed E-state index contributed by atoms with van der Waals surface area (Å²) in [6, 6.07) is 10.6. The number of hydrogen-bond donors (Lipinski definition) is 4. The van der Waals surface area contributed by atoms with Crippen LogP contribution >= 0.6 is 11.6 Å². The van der Waals surface area contributed by atoms with Gasteiger partial charge in [0, 0.05) is 16.6 Å². The fourth-order valence-corrected chi connectivity index (χ4v) is 4.79. The van der Waals surface area contributed by atoms with E-state index in [2.05, 4.69) is 10.3 Å². The van der Waals surface area contributed by atoms with E-state index >= 15 is 4.39 Å². The third kappa shape index (κ3) is 5.46. The van der Waals surface area contributed by atoms with Gasteiger partial charge in [-0.1, -0.05) is 29.8 Å². The fourth-order valence-electron chi connectivity index (χ4n) is 4.59. The van der Waals surface area contributed by atoms with Gasteiger partial charge in [0.05, 0.1) is 30.8 Å². The van der Waals surface area contributed by atoms with Crippen molar-refractivity contribution in [3.63, 3.8) is 0 Å². The minimum atomic E-state index is -0.722. The molecule has 0 radical (unpaired) electrons. The summed E-state index contributed by atoms with van der Waals surface area (Å²) >= 11 is 6.00. The van der Waals surface area contributed by atoms with Crippen molar-refractivity contribution in [3.8, 4) is 0 Å². The Hall–Kier alpha value is -2.81. The molecule has 0 bridgehead atoms. The molecular formula is C25H29ClFN5O2. The highest BCUT2D eigenvalue weighted by molar-refractivity contribution is 6.47. The summed E-state index contributed by atoms with van der Waals surface area (Å²) in [6.07, 6.45) is 3.91. The molecule has 1 aliphatic heterocycles. The number of benzene rings is 2. The molecule has 1 saturated carbocycles. The van der Waals surface area contributed by atoms with E-state index < -0.39 is 17.8 Å². The van der Waals surface area contributed by atoms with Crippen LogP contribution in [0, 0.1) is 11.7 Å². The summed E-state index contributed by atoms with van der Waals surface area (Å²) in [5, 5.41) is 12.9. The molecule has 1 aliphatic carbocycles. The van der Waals surface area contributed by atoms with Crippen LogP contribution in [0.2, 0.25) is 5.02 Å². The van der Waals surface area contributed by atoms with E-state index in [1.165, 1.54) is 12.1 Å². The van der Waals surface area contributed by atoms with Gasteiger partial charge in [0.15, 0.2) is 0 Å². The molecular weight excluding hydrogens is 457 g/mol. The lowest BCUT2D eigenvalue weighted by Crippen LogP contribution is -2.38. The summed E-state index contributed by atoms with van der Waals surface area (Å²) in [5.41, 5.74) is 13.5. The molecule has 7 nitrogen and oxygen atoms in total. The molecule has 180 valence electrons. The van der Waals surface area contributed by atoms with Crippen molar-refractivity contribution in [1.82, 2.24) is 5.32 Å². The van der Waals surface area contributed by atoms with Crippen LogP contribution in [-0.2, 0) is 0 Å². The van der Waals surface area contributed by atoms with Crippen LogP contribution in [0.4, 0.5) is 4.39 Å². The molecule has 2 aliphatic rings. The molecule has 9 heteroatoms. The van der Waals surface area contributed by atoms with Crippen LogP contribution in [0.3, 0.4) is 0 Å². The normalized spacial score (nSPS) is 23.6. The zero-order chi connectivity index (χ0) is 24.2. The maximum atomic E-state index is 15.0. The highest BCUT2D eigenvalue weighted by atomic mass is 35.5. The summed E-state index contributed by atoms with van der Waals surface area (Å²) < 4.78 is 15.0. The number of aliphatic hydroxyl groups is 1. The van der Waals surface area contributed by atoms with Gasteiger partial charge in [-0.25, -0.2) is 4.39 Å². The van der Waals surface area contributed by atoms with Gasteiger partial charge in [-0.2, -0.15) is 0 Å². The number of amidine groups is 1. The van der Waals surface area contributed by atoms with Crippen molar-refractivity contribution in [2.75, 3.05) is 13.2 Å². The highest BCUT2D eigenvalue weighted by Gasteiger charge is 2.29. The van der Waals surface area contributed by atoms with Gasteiger partial charge in [0.25, 0.3) is 5.91 Å². The van der Waals surface area contributed by atoms with Crippen molar-refractivity contribution >= 4 is 29.1 Å². The van der Waals surface area contributed by atoms with Crippen molar-refractivity contribution in [3.05, 3.63) is 70.0 Å². The number of nitrogens with zero attached hydrogens (tertiary/aromatic N) is 2. The fraction of sp³-hybridized carbons (Fsp3) is 0.400. The van der Waals surface area contributed by atoms with Crippen molar-refractivity contribution in [2.24, 2.45) is 27.4 Å². The molecule has 1 unspecified atom stereocenters. The van der Waals surface area contributed by atoms with Gasteiger partial charge in [0.1, 0.15) is 17.4 Å². The van der Waals surface area contributed by atoms with Crippen LogP contribution in [0.15, 0.2) is 52.4 Å². The van der Waals surface area contributed by atoms with Crippen molar-refractivity contribution in [2.45, 2.75) is 43.8 Å². The molecule has 1 heterocycles. The third-order valence-corrected chi connectivity index (χ3v) is 6.81. The Balaban J connectivity index is 1.51. The zero-order valence-electron chi connectivity index (χ0n) is 18.8. The largest absolute Gasteiger partial charge is 0.394 e. The number of amides is 1. The molecule has 6 N–H and O–H groups in total. The first-order valence-corrected chi connectivity index (χ1v) is 11.8. The zero-order valence-corrected chi connectivity index (χ0v) is 19.5. The summed E-state index contributed by atoms with van der Waals surface area (Å²) in [4.78, 5) is 22.0. The Kier molecular flexibility index (Phi) is 7.60. The average Bonchev–Trinajstić information content (AvgIpc) is 2.83. The molecule has 2 aromatic rings. The minimum Gasteiger partial charge on any atom is -0.394 e. The topological polar surface area (TPSA) is 126 Å². The monoisotopic (exact) mass is 485 g/mol. The predicted molar refractivity (Wildman–Crippen MR) is 132 cm³/mol. The molecule has 0 aromatic heterocycles. The van der Waals surface area contributed by atoms with Crippen molar-refractivity contribution in [1.29, 1.82) is 0 Å². The van der Waals surface area contributed by atoms with Crippen LogP contribution in [0.25, 0.3) is 0 Å². The van der Waals surface area contributed by atoms with Gasteiger partial charge in [0.2, 0.25) is 0 Å². The van der Waals surface area contributed by atoms with E-state index in [4.69, 9.17) is 28.1 Å². The Morgan fingerprint density at radius 2 is 1.97 bits per heavy atom. The molecule has 1 amide bonds. The lowest BCUT2D eigenvalue weighted by Gasteiger charge is -2.31. The Bertz CT molecular complexity index is 1110. The number of carbonyl (C=O) groups excluding carboxylic acids is 1. The predicted octanol–water partition coefficient (Wildman–Crippen LogP) is 2.99. The van der Waals surface area contributed by atoms with Gasteiger partial charge in [-0.05, 0) is 61.4 Å². The molecule has 2 atom stereocenters. The van der Waals surface area contributed by atoms with Crippen LogP contribution in [0.5, 0.6) is 0 Å².